The molecule has 0 saturated carbocycles. The molecule has 7 heteroatoms. The Morgan fingerprint density at radius 1 is 1.25 bits per heavy atom. The van der Waals surface area contributed by atoms with Crippen molar-refractivity contribution in [1.82, 2.24) is 15.1 Å². The van der Waals surface area contributed by atoms with Crippen LogP contribution in [0.15, 0.2) is 30.5 Å². The van der Waals surface area contributed by atoms with Gasteiger partial charge in [0.2, 0.25) is 0 Å². The Bertz CT molecular complexity index is 796. The number of anilines is 2. The Balaban J connectivity index is 1.78. The van der Waals surface area contributed by atoms with Gasteiger partial charge in [0.15, 0.2) is 0 Å². The van der Waals surface area contributed by atoms with Gasteiger partial charge in [-0.05, 0) is 42.2 Å². The normalized spacial score (nSPS) is 15.1. The van der Waals surface area contributed by atoms with Crippen molar-refractivity contribution in [2.75, 3.05) is 43.4 Å². The molecule has 150 valence electrons. The summed E-state index contributed by atoms with van der Waals surface area (Å²) in [6.45, 7) is 8.97. The standard InChI is InChI=1S/C21H31N7/c1-15(2)11-16-12-20(18(21(22)23)13-19(16)24-3)28-9-7-27(8-10-28)14-17-5-4-6-25-26-17/h4-6,12-13,15,24H,7-11,14H2,1-3H3,(H3,22,23). The minimum absolute atomic E-state index is 0.115. The number of hydrogen-bond acceptors (Lipinski definition) is 6. The summed E-state index contributed by atoms with van der Waals surface area (Å²) in [7, 11) is 1.92. The van der Waals surface area contributed by atoms with Crippen LogP contribution in [0.25, 0.3) is 0 Å². The number of hydrogen-bond donors (Lipinski definition) is 3. The fraction of sp³-hybridized carbons (Fsp3) is 0.476. The summed E-state index contributed by atoms with van der Waals surface area (Å²) in [5.41, 5.74) is 11.1. The number of amidine groups is 1. The molecule has 0 atom stereocenters. The van der Waals surface area contributed by atoms with Gasteiger partial charge >= 0.3 is 0 Å². The lowest BCUT2D eigenvalue weighted by Gasteiger charge is -2.37. The Morgan fingerprint density at radius 3 is 2.57 bits per heavy atom. The summed E-state index contributed by atoms with van der Waals surface area (Å²) in [6, 6.07) is 8.20. The Hall–Kier alpha value is -2.67. The molecule has 1 aromatic heterocycles. The van der Waals surface area contributed by atoms with Gasteiger partial charge in [0, 0.05) is 62.9 Å². The first-order valence-corrected chi connectivity index (χ1v) is 9.91. The maximum absolute atomic E-state index is 8.06. The Labute approximate surface area is 167 Å². The topological polar surface area (TPSA) is 94.2 Å². The van der Waals surface area contributed by atoms with E-state index in [4.69, 9.17) is 11.1 Å². The van der Waals surface area contributed by atoms with E-state index in [1.807, 2.05) is 25.2 Å². The summed E-state index contributed by atoms with van der Waals surface area (Å²) < 4.78 is 0. The number of rotatable bonds is 7. The van der Waals surface area contributed by atoms with Crippen LogP contribution in [-0.2, 0) is 13.0 Å². The van der Waals surface area contributed by atoms with E-state index in [1.165, 1.54) is 5.56 Å². The van der Waals surface area contributed by atoms with E-state index in [0.717, 1.165) is 61.8 Å². The van der Waals surface area contributed by atoms with Gasteiger partial charge in [0.25, 0.3) is 0 Å². The third-order valence-electron chi connectivity index (χ3n) is 5.14. The first-order chi connectivity index (χ1) is 13.5. The van der Waals surface area contributed by atoms with Gasteiger partial charge < -0.3 is 16.0 Å². The zero-order valence-electron chi connectivity index (χ0n) is 17.1. The number of nitrogens with zero attached hydrogens (tertiary/aromatic N) is 4. The van der Waals surface area contributed by atoms with Crippen LogP contribution in [0.1, 0.15) is 30.7 Å². The van der Waals surface area contributed by atoms with Crippen LogP contribution in [0.3, 0.4) is 0 Å². The summed E-state index contributed by atoms with van der Waals surface area (Å²) in [4.78, 5) is 4.75. The third-order valence-corrected chi connectivity index (χ3v) is 5.14. The highest BCUT2D eigenvalue weighted by Crippen LogP contribution is 2.30. The number of nitrogen functional groups attached to an aromatic ring is 1. The fourth-order valence-corrected chi connectivity index (χ4v) is 3.74. The van der Waals surface area contributed by atoms with Crippen LogP contribution in [0.2, 0.25) is 0 Å². The highest BCUT2D eigenvalue weighted by molar-refractivity contribution is 6.01. The quantitative estimate of drug-likeness (QED) is 0.503. The van der Waals surface area contributed by atoms with E-state index in [0.29, 0.717) is 5.92 Å². The number of benzene rings is 1. The van der Waals surface area contributed by atoms with Gasteiger partial charge in [-0.15, -0.1) is 0 Å². The van der Waals surface area contributed by atoms with Crippen LogP contribution in [-0.4, -0.2) is 54.2 Å². The number of nitrogens with one attached hydrogen (secondary N) is 2. The monoisotopic (exact) mass is 381 g/mol. The zero-order valence-corrected chi connectivity index (χ0v) is 17.1. The smallest absolute Gasteiger partial charge is 0.124 e. The molecule has 0 spiro atoms. The lowest BCUT2D eigenvalue weighted by molar-refractivity contribution is 0.246. The van der Waals surface area contributed by atoms with E-state index in [2.05, 4.69) is 45.2 Å². The molecule has 1 aliphatic rings. The van der Waals surface area contributed by atoms with Crippen molar-refractivity contribution < 1.29 is 0 Å². The van der Waals surface area contributed by atoms with Crippen LogP contribution >= 0.6 is 0 Å². The lowest BCUT2D eigenvalue weighted by Crippen LogP contribution is -2.46. The van der Waals surface area contributed by atoms with Crippen molar-refractivity contribution in [2.24, 2.45) is 11.7 Å². The molecule has 1 aliphatic heterocycles. The molecule has 1 aromatic carbocycles. The molecule has 2 heterocycles. The van der Waals surface area contributed by atoms with E-state index >= 15 is 0 Å². The van der Waals surface area contributed by atoms with E-state index < -0.39 is 0 Å². The van der Waals surface area contributed by atoms with Crippen molar-refractivity contribution in [3.63, 3.8) is 0 Å². The zero-order chi connectivity index (χ0) is 20.1. The molecule has 1 fully saturated rings. The highest BCUT2D eigenvalue weighted by atomic mass is 15.3. The molecule has 28 heavy (non-hydrogen) atoms. The van der Waals surface area contributed by atoms with Crippen molar-refractivity contribution in [2.45, 2.75) is 26.8 Å². The maximum Gasteiger partial charge on any atom is 0.124 e. The summed E-state index contributed by atoms with van der Waals surface area (Å²) in [5, 5.41) is 19.5. The molecule has 0 bridgehead atoms. The molecule has 3 rings (SSSR count). The maximum atomic E-state index is 8.06. The fourth-order valence-electron chi connectivity index (χ4n) is 3.74. The Kier molecular flexibility index (Phi) is 6.46. The van der Waals surface area contributed by atoms with Crippen molar-refractivity contribution in [3.05, 3.63) is 47.3 Å². The van der Waals surface area contributed by atoms with Crippen LogP contribution < -0.4 is 16.0 Å². The average Bonchev–Trinajstić information content (AvgIpc) is 2.68. The number of piperazine rings is 1. The average molecular weight is 382 g/mol. The van der Waals surface area contributed by atoms with E-state index in [-0.39, 0.29) is 5.84 Å². The van der Waals surface area contributed by atoms with Crippen LogP contribution in [0.4, 0.5) is 11.4 Å². The van der Waals surface area contributed by atoms with Gasteiger partial charge in [0.1, 0.15) is 5.84 Å². The molecular formula is C21H31N7. The second-order valence-corrected chi connectivity index (χ2v) is 7.77. The minimum atomic E-state index is 0.115. The number of nitrogens with two attached hydrogens (primary N) is 1. The van der Waals surface area contributed by atoms with Crippen molar-refractivity contribution in [3.8, 4) is 0 Å². The predicted molar refractivity (Wildman–Crippen MR) is 115 cm³/mol. The SMILES string of the molecule is CNc1cc(C(=N)N)c(N2CCN(Cc3cccnn3)CC2)cc1CC(C)C. The van der Waals surface area contributed by atoms with Crippen LogP contribution in [0.5, 0.6) is 0 Å². The van der Waals surface area contributed by atoms with E-state index in [1.54, 1.807) is 6.20 Å². The molecule has 1 saturated heterocycles. The Morgan fingerprint density at radius 2 is 2.00 bits per heavy atom. The summed E-state index contributed by atoms with van der Waals surface area (Å²) in [5.74, 6) is 0.677. The van der Waals surface area contributed by atoms with Gasteiger partial charge in [0.05, 0.1) is 5.69 Å². The van der Waals surface area contributed by atoms with Crippen molar-refractivity contribution in [1.29, 1.82) is 5.41 Å². The van der Waals surface area contributed by atoms with Crippen molar-refractivity contribution >= 4 is 17.2 Å². The molecule has 0 amide bonds. The highest BCUT2D eigenvalue weighted by Gasteiger charge is 2.22. The number of aromatic nitrogens is 2. The second-order valence-electron chi connectivity index (χ2n) is 7.77. The van der Waals surface area contributed by atoms with Gasteiger partial charge in [-0.3, -0.25) is 10.3 Å². The molecular weight excluding hydrogens is 350 g/mol. The third kappa shape index (κ3) is 4.78. The largest absolute Gasteiger partial charge is 0.388 e. The molecule has 4 N–H and O–H groups in total. The predicted octanol–water partition coefficient (Wildman–Crippen LogP) is 2.32. The van der Waals surface area contributed by atoms with E-state index in [9.17, 15) is 0 Å². The van der Waals surface area contributed by atoms with Crippen LogP contribution in [0, 0.1) is 11.3 Å². The minimum Gasteiger partial charge on any atom is -0.388 e. The second kappa shape index (κ2) is 9.01. The first-order valence-electron chi connectivity index (χ1n) is 9.91. The molecule has 0 unspecified atom stereocenters. The molecule has 2 aromatic rings. The molecule has 7 nitrogen and oxygen atoms in total. The molecule has 0 aliphatic carbocycles. The summed E-state index contributed by atoms with van der Waals surface area (Å²) >= 11 is 0. The van der Waals surface area contributed by atoms with Gasteiger partial charge in [-0.2, -0.15) is 10.2 Å². The molecule has 0 radical (unpaired) electrons. The van der Waals surface area contributed by atoms with Gasteiger partial charge in [-0.25, -0.2) is 0 Å². The lowest BCUT2D eigenvalue weighted by atomic mass is 9.97. The first kappa shape index (κ1) is 20.1. The van der Waals surface area contributed by atoms with Gasteiger partial charge in [-0.1, -0.05) is 13.8 Å². The summed E-state index contributed by atoms with van der Waals surface area (Å²) in [6.07, 6.45) is 2.70.